The Balaban J connectivity index is 1.85. The molecule has 0 radical (unpaired) electrons. The Morgan fingerprint density at radius 3 is 2.34 bits per heavy atom. The minimum absolute atomic E-state index is 0.107. The lowest BCUT2D eigenvalue weighted by molar-refractivity contribution is -0.138. The molecular weight excluding hydrogens is 523 g/mol. The molecule has 0 unspecified atom stereocenters. The molecule has 2 aromatic carbocycles. The van der Waals surface area contributed by atoms with Gasteiger partial charge in [0.25, 0.3) is 5.91 Å². The maximum absolute atomic E-state index is 13.6. The Morgan fingerprint density at radius 2 is 1.74 bits per heavy atom. The van der Waals surface area contributed by atoms with Gasteiger partial charge in [-0.05, 0) is 43.7 Å². The van der Waals surface area contributed by atoms with Gasteiger partial charge in [0.05, 0.1) is 28.3 Å². The van der Waals surface area contributed by atoms with Crippen LogP contribution in [0.3, 0.4) is 0 Å². The fraction of sp³-hybridized carbons (Fsp3) is 0.500. The van der Waals surface area contributed by atoms with E-state index in [4.69, 9.17) is 9.47 Å². The second-order valence-corrected chi connectivity index (χ2v) is 11.2. The first-order chi connectivity index (χ1) is 17.9. The van der Waals surface area contributed by atoms with Crippen LogP contribution in [0.5, 0.6) is 5.75 Å². The summed E-state index contributed by atoms with van der Waals surface area (Å²) in [6.07, 6.45) is -3.99. The molecule has 0 N–H and O–H groups in total. The van der Waals surface area contributed by atoms with Crippen LogP contribution in [0.4, 0.5) is 18.9 Å². The molecule has 0 bridgehead atoms. The molecule has 1 saturated heterocycles. The van der Waals surface area contributed by atoms with Crippen LogP contribution in [0.25, 0.3) is 0 Å². The number of rotatable bonds is 10. The highest BCUT2D eigenvalue weighted by molar-refractivity contribution is 7.89. The van der Waals surface area contributed by atoms with Crippen molar-refractivity contribution < 1.29 is 35.9 Å². The first-order valence-electron chi connectivity index (χ1n) is 12.3. The van der Waals surface area contributed by atoms with Crippen LogP contribution in [0.1, 0.15) is 34.8 Å². The summed E-state index contributed by atoms with van der Waals surface area (Å²) in [5, 5.41) is 0. The minimum atomic E-state index is -4.65. The van der Waals surface area contributed by atoms with E-state index in [0.717, 1.165) is 6.07 Å². The SMILES string of the molecule is CCCN(C)S(=O)(=O)c1ccc(OCCOC)c(N2CCN(C(=O)c3ccc(C)cc3C(F)(F)F)CC2)c1. The Morgan fingerprint density at radius 1 is 1.05 bits per heavy atom. The van der Waals surface area contributed by atoms with E-state index in [2.05, 4.69) is 0 Å². The van der Waals surface area contributed by atoms with Gasteiger partial charge >= 0.3 is 6.18 Å². The van der Waals surface area contributed by atoms with Crippen molar-refractivity contribution in [3.05, 3.63) is 53.1 Å². The molecule has 38 heavy (non-hydrogen) atoms. The Labute approximate surface area is 222 Å². The van der Waals surface area contributed by atoms with E-state index in [1.165, 1.54) is 41.6 Å². The van der Waals surface area contributed by atoms with Gasteiger partial charge in [0, 0.05) is 46.9 Å². The quantitative estimate of drug-likeness (QED) is 0.411. The number of hydrogen-bond acceptors (Lipinski definition) is 6. The van der Waals surface area contributed by atoms with Crippen LogP contribution in [-0.4, -0.2) is 83.6 Å². The van der Waals surface area contributed by atoms with E-state index in [-0.39, 0.29) is 43.2 Å². The number of carbonyl (C=O) groups excluding carboxylic acids is 1. The highest BCUT2D eigenvalue weighted by atomic mass is 32.2. The lowest BCUT2D eigenvalue weighted by Crippen LogP contribution is -2.49. The highest BCUT2D eigenvalue weighted by Crippen LogP contribution is 2.35. The van der Waals surface area contributed by atoms with Crippen molar-refractivity contribution in [1.29, 1.82) is 0 Å². The summed E-state index contributed by atoms with van der Waals surface area (Å²) in [6, 6.07) is 8.32. The predicted molar refractivity (Wildman–Crippen MR) is 138 cm³/mol. The molecule has 2 aromatic rings. The number of amides is 1. The van der Waals surface area contributed by atoms with Crippen molar-refractivity contribution in [3.8, 4) is 5.75 Å². The van der Waals surface area contributed by atoms with E-state index >= 15 is 0 Å². The first kappa shape index (κ1) is 29.7. The van der Waals surface area contributed by atoms with Crippen molar-refractivity contribution in [1.82, 2.24) is 9.21 Å². The van der Waals surface area contributed by atoms with Crippen LogP contribution in [0.15, 0.2) is 41.3 Å². The molecule has 1 aliphatic heterocycles. The van der Waals surface area contributed by atoms with Crippen molar-refractivity contribution in [2.24, 2.45) is 0 Å². The first-order valence-corrected chi connectivity index (χ1v) is 13.8. The minimum Gasteiger partial charge on any atom is -0.489 e. The van der Waals surface area contributed by atoms with Crippen molar-refractivity contribution in [2.75, 3.05) is 65.0 Å². The average Bonchev–Trinajstić information content (AvgIpc) is 2.88. The van der Waals surface area contributed by atoms with Gasteiger partial charge in [-0.2, -0.15) is 13.2 Å². The van der Waals surface area contributed by atoms with Crippen LogP contribution >= 0.6 is 0 Å². The van der Waals surface area contributed by atoms with Gasteiger partial charge in [-0.1, -0.05) is 18.6 Å². The van der Waals surface area contributed by atoms with Crippen LogP contribution in [0, 0.1) is 6.92 Å². The Kier molecular flexibility index (Phi) is 9.66. The summed E-state index contributed by atoms with van der Waals surface area (Å²) < 4.78 is 79.1. The number of aryl methyl sites for hydroxylation is 1. The molecule has 8 nitrogen and oxygen atoms in total. The summed E-state index contributed by atoms with van der Waals surface area (Å²) in [5.74, 6) is -0.233. The van der Waals surface area contributed by atoms with E-state index < -0.39 is 27.7 Å². The third-order valence-corrected chi connectivity index (χ3v) is 8.19. The van der Waals surface area contributed by atoms with Crippen LogP contribution in [0.2, 0.25) is 0 Å². The smallest absolute Gasteiger partial charge is 0.417 e. The molecule has 3 rings (SSSR count). The largest absolute Gasteiger partial charge is 0.489 e. The van der Waals surface area contributed by atoms with Gasteiger partial charge in [-0.25, -0.2) is 12.7 Å². The lowest BCUT2D eigenvalue weighted by Gasteiger charge is -2.37. The number of benzene rings is 2. The lowest BCUT2D eigenvalue weighted by atomic mass is 10.0. The molecule has 210 valence electrons. The van der Waals surface area contributed by atoms with Crippen LogP contribution in [-0.2, 0) is 20.9 Å². The molecule has 0 spiro atoms. The number of sulfonamides is 1. The highest BCUT2D eigenvalue weighted by Gasteiger charge is 2.37. The zero-order valence-corrected chi connectivity index (χ0v) is 22.9. The zero-order chi connectivity index (χ0) is 28.1. The zero-order valence-electron chi connectivity index (χ0n) is 22.0. The molecule has 1 aliphatic rings. The average molecular weight is 558 g/mol. The number of piperazine rings is 1. The number of alkyl halides is 3. The predicted octanol–water partition coefficient (Wildman–Crippen LogP) is 4.03. The van der Waals surface area contributed by atoms with Crippen LogP contribution < -0.4 is 9.64 Å². The van der Waals surface area contributed by atoms with Gasteiger partial charge < -0.3 is 19.3 Å². The second kappa shape index (κ2) is 12.4. The summed E-state index contributed by atoms with van der Waals surface area (Å²) in [5.41, 5.74) is -0.385. The molecule has 1 heterocycles. The fourth-order valence-electron chi connectivity index (χ4n) is 4.28. The number of nitrogens with zero attached hydrogens (tertiary/aromatic N) is 3. The maximum Gasteiger partial charge on any atom is 0.417 e. The second-order valence-electron chi connectivity index (χ2n) is 9.12. The number of ether oxygens (including phenoxy) is 2. The van der Waals surface area contributed by atoms with E-state index in [9.17, 15) is 26.4 Å². The molecule has 0 aliphatic carbocycles. The van der Waals surface area contributed by atoms with Crippen molar-refractivity contribution in [2.45, 2.75) is 31.3 Å². The van der Waals surface area contributed by atoms with Gasteiger partial charge in [0.2, 0.25) is 10.0 Å². The fourth-order valence-corrected chi connectivity index (χ4v) is 5.56. The molecule has 12 heteroatoms. The van der Waals surface area contributed by atoms with Gasteiger partial charge in [-0.15, -0.1) is 0 Å². The summed E-state index contributed by atoms with van der Waals surface area (Å²) >= 11 is 0. The molecule has 0 saturated carbocycles. The molecule has 0 atom stereocenters. The normalized spacial score (nSPS) is 14.7. The third-order valence-electron chi connectivity index (χ3n) is 6.34. The van der Waals surface area contributed by atoms with E-state index in [1.54, 1.807) is 19.1 Å². The third kappa shape index (κ3) is 6.78. The van der Waals surface area contributed by atoms with Crippen molar-refractivity contribution >= 4 is 21.6 Å². The molecule has 1 fully saturated rings. The number of hydrogen-bond donors (Lipinski definition) is 0. The molecule has 0 aromatic heterocycles. The monoisotopic (exact) mass is 557 g/mol. The summed E-state index contributed by atoms with van der Waals surface area (Å²) in [4.78, 5) is 16.4. The maximum atomic E-state index is 13.6. The Hall–Kier alpha value is -2.83. The molecule has 1 amide bonds. The topological polar surface area (TPSA) is 79.4 Å². The van der Waals surface area contributed by atoms with E-state index in [1.807, 2.05) is 11.8 Å². The molecular formula is C26H34F3N3O5S. The van der Waals surface area contributed by atoms with Gasteiger partial charge in [0.1, 0.15) is 12.4 Å². The summed E-state index contributed by atoms with van der Waals surface area (Å²) in [7, 11) is -0.672. The number of carbonyl (C=O) groups is 1. The summed E-state index contributed by atoms with van der Waals surface area (Å²) in [6.45, 7) is 5.27. The van der Waals surface area contributed by atoms with Crippen molar-refractivity contribution in [3.63, 3.8) is 0 Å². The number of halogens is 3. The Bertz CT molecular complexity index is 1230. The van der Waals surface area contributed by atoms with E-state index in [0.29, 0.717) is 36.6 Å². The number of methoxy groups -OCH3 is 1. The number of anilines is 1. The van der Waals surface area contributed by atoms with Gasteiger partial charge in [-0.3, -0.25) is 4.79 Å². The standard InChI is InChI=1S/C26H34F3N3O5S/c1-5-10-30(3)38(34,35)20-7-9-24(37-16-15-36-4)23(18-20)31-11-13-32(14-12-31)25(33)21-8-6-19(2)17-22(21)26(27,28)29/h6-9,17-18H,5,10-16H2,1-4H3. The van der Waals surface area contributed by atoms with Gasteiger partial charge in [0.15, 0.2) is 0 Å².